The molecule has 0 amide bonds. The van der Waals surface area contributed by atoms with E-state index in [0.29, 0.717) is 6.54 Å². The van der Waals surface area contributed by atoms with Crippen LogP contribution < -0.4 is 5.32 Å². The molecule has 1 heterocycles. The molecule has 0 aliphatic heterocycles. The van der Waals surface area contributed by atoms with Crippen molar-refractivity contribution in [1.82, 2.24) is 20.3 Å². The molecule has 1 aromatic heterocycles. The van der Waals surface area contributed by atoms with Crippen molar-refractivity contribution in [3.05, 3.63) is 11.9 Å². The fourth-order valence-electron chi connectivity index (χ4n) is 2.18. The number of hydrogen-bond acceptors (Lipinski definition) is 4. The zero-order valence-electron chi connectivity index (χ0n) is 12.7. The van der Waals surface area contributed by atoms with E-state index in [1.807, 2.05) is 38.7 Å². The topological polar surface area (TPSA) is 63.0 Å². The Balaban J connectivity index is 2.61. The zero-order valence-corrected chi connectivity index (χ0v) is 12.7. The number of aliphatic hydroxyl groups is 1. The van der Waals surface area contributed by atoms with Crippen molar-refractivity contribution in [2.75, 3.05) is 13.6 Å². The molecular formula is C14H28N4O. The molecule has 0 radical (unpaired) electrons. The maximum Gasteiger partial charge on any atom is 0.0863 e. The Labute approximate surface area is 116 Å². The smallest absolute Gasteiger partial charge is 0.0863 e. The van der Waals surface area contributed by atoms with Crippen LogP contribution in [0.5, 0.6) is 0 Å². The van der Waals surface area contributed by atoms with Crippen molar-refractivity contribution < 1.29 is 5.11 Å². The molecule has 5 heteroatoms. The normalized spacial score (nSPS) is 14.8. The summed E-state index contributed by atoms with van der Waals surface area (Å²) >= 11 is 0. The molecule has 0 bridgehead atoms. The van der Waals surface area contributed by atoms with Crippen molar-refractivity contribution in [3.8, 4) is 0 Å². The third-order valence-corrected chi connectivity index (χ3v) is 3.92. The van der Waals surface area contributed by atoms with E-state index in [0.717, 1.165) is 37.9 Å². The minimum Gasteiger partial charge on any atom is -0.388 e. The van der Waals surface area contributed by atoms with Gasteiger partial charge >= 0.3 is 0 Å². The summed E-state index contributed by atoms with van der Waals surface area (Å²) in [6.07, 6.45) is 5.76. The Bertz CT molecular complexity index is 364. The van der Waals surface area contributed by atoms with Crippen molar-refractivity contribution in [2.24, 2.45) is 5.92 Å². The molecule has 1 unspecified atom stereocenters. The van der Waals surface area contributed by atoms with Gasteiger partial charge in [-0.3, -0.25) is 0 Å². The number of unbranched alkanes of at least 4 members (excludes halogenated alkanes) is 1. The summed E-state index contributed by atoms with van der Waals surface area (Å²) in [4.78, 5) is 0. The second-order valence-electron chi connectivity index (χ2n) is 5.56. The molecule has 0 aromatic carbocycles. The molecule has 0 saturated carbocycles. The highest BCUT2D eigenvalue weighted by Gasteiger charge is 2.30. The van der Waals surface area contributed by atoms with Crippen LogP contribution in [-0.4, -0.2) is 39.3 Å². The maximum atomic E-state index is 10.6. The van der Waals surface area contributed by atoms with Crippen LogP contribution >= 0.6 is 0 Å². The molecule has 2 N–H and O–H groups in total. The number of hydrogen-bond donors (Lipinski definition) is 2. The highest BCUT2D eigenvalue weighted by molar-refractivity contribution is 4.96. The van der Waals surface area contributed by atoms with Crippen molar-refractivity contribution in [2.45, 2.75) is 58.6 Å². The van der Waals surface area contributed by atoms with Gasteiger partial charge in [0.05, 0.1) is 24.0 Å². The van der Waals surface area contributed by atoms with Gasteiger partial charge in [-0.1, -0.05) is 26.0 Å². The third kappa shape index (κ3) is 4.58. The van der Waals surface area contributed by atoms with E-state index in [1.165, 1.54) is 0 Å². The summed E-state index contributed by atoms with van der Waals surface area (Å²) in [6.45, 7) is 7.68. The molecule has 19 heavy (non-hydrogen) atoms. The Morgan fingerprint density at radius 3 is 2.74 bits per heavy atom. The second-order valence-corrected chi connectivity index (χ2v) is 5.56. The van der Waals surface area contributed by atoms with Crippen molar-refractivity contribution >= 4 is 0 Å². The lowest BCUT2D eigenvalue weighted by atomic mass is 9.87. The predicted molar refractivity (Wildman–Crippen MR) is 77.0 cm³/mol. The van der Waals surface area contributed by atoms with Gasteiger partial charge in [0.2, 0.25) is 0 Å². The van der Waals surface area contributed by atoms with Gasteiger partial charge in [-0.05, 0) is 45.2 Å². The van der Waals surface area contributed by atoms with Crippen molar-refractivity contribution in [1.29, 1.82) is 0 Å². The lowest BCUT2D eigenvalue weighted by Gasteiger charge is -2.31. The number of aromatic nitrogens is 3. The highest BCUT2D eigenvalue weighted by atomic mass is 16.3. The van der Waals surface area contributed by atoms with Crippen LogP contribution in [0, 0.1) is 5.92 Å². The first-order valence-electron chi connectivity index (χ1n) is 7.28. The fourth-order valence-corrected chi connectivity index (χ4v) is 2.18. The molecule has 5 nitrogen and oxygen atoms in total. The minimum atomic E-state index is -0.701. The van der Waals surface area contributed by atoms with Gasteiger partial charge in [-0.15, -0.1) is 5.10 Å². The molecule has 0 saturated heterocycles. The molecule has 0 aliphatic rings. The molecule has 110 valence electrons. The van der Waals surface area contributed by atoms with E-state index in [-0.39, 0.29) is 5.92 Å². The van der Waals surface area contributed by atoms with Crippen LogP contribution in [0.2, 0.25) is 0 Å². The van der Waals surface area contributed by atoms with Crippen LogP contribution in [0.1, 0.15) is 45.7 Å². The molecular weight excluding hydrogens is 240 g/mol. The van der Waals surface area contributed by atoms with Crippen LogP contribution in [0.4, 0.5) is 0 Å². The summed E-state index contributed by atoms with van der Waals surface area (Å²) in [6, 6.07) is 0. The minimum absolute atomic E-state index is 0.207. The van der Waals surface area contributed by atoms with Crippen LogP contribution in [0.15, 0.2) is 6.20 Å². The summed E-state index contributed by atoms with van der Waals surface area (Å²) in [5.74, 6) is 0.207. The lowest BCUT2D eigenvalue weighted by Crippen LogP contribution is -2.39. The van der Waals surface area contributed by atoms with Gasteiger partial charge in [-0.25, -0.2) is 4.68 Å². The average Bonchev–Trinajstić information content (AvgIpc) is 2.81. The molecule has 1 atom stereocenters. The van der Waals surface area contributed by atoms with Gasteiger partial charge in [0.15, 0.2) is 0 Å². The monoisotopic (exact) mass is 268 g/mol. The summed E-state index contributed by atoms with van der Waals surface area (Å²) in [7, 11) is 1.97. The number of aryl methyl sites for hydroxylation is 1. The van der Waals surface area contributed by atoms with E-state index in [4.69, 9.17) is 0 Å². The largest absolute Gasteiger partial charge is 0.388 e. The predicted octanol–water partition coefficient (Wildman–Crippen LogP) is 1.62. The highest BCUT2D eigenvalue weighted by Crippen LogP contribution is 2.23. The summed E-state index contributed by atoms with van der Waals surface area (Å²) in [5.41, 5.74) is 0.414. The third-order valence-electron chi connectivity index (χ3n) is 3.92. The molecule has 0 fully saturated rings. The summed E-state index contributed by atoms with van der Waals surface area (Å²) in [5, 5.41) is 21.9. The second kappa shape index (κ2) is 7.60. The molecule has 1 aromatic rings. The SMILES string of the molecule is CCC(O)(Cn1nncc1CCCCNC)C(C)C. The van der Waals surface area contributed by atoms with Crippen LogP contribution in [0.25, 0.3) is 0 Å². The van der Waals surface area contributed by atoms with Crippen LogP contribution in [0.3, 0.4) is 0 Å². The average molecular weight is 268 g/mol. The van der Waals surface area contributed by atoms with Crippen molar-refractivity contribution in [3.63, 3.8) is 0 Å². The van der Waals surface area contributed by atoms with Gasteiger partial charge < -0.3 is 10.4 Å². The number of nitrogens with one attached hydrogen (secondary N) is 1. The fraction of sp³-hybridized carbons (Fsp3) is 0.857. The van der Waals surface area contributed by atoms with Crippen LogP contribution in [-0.2, 0) is 13.0 Å². The molecule has 0 aliphatic carbocycles. The lowest BCUT2D eigenvalue weighted by molar-refractivity contribution is -0.0280. The zero-order chi connectivity index (χ0) is 14.3. The van der Waals surface area contributed by atoms with Gasteiger partial charge in [0, 0.05) is 0 Å². The number of rotatable bonds is 9. The molecule has 0 spiro atoms. The van der Waals surface area contributed by atoms with Gasteiger partial charge in [0.1, 0.15) is 0 Å². The Kier molecular flexibility index (Phi) is 6.45. The first-order chi connectivity index (χ1) is 9.03. The molecule has 1 rings (SSSR count). The maximum absolute atomic E-state index is 10.6. The van der Waals surface area contributed by atoms with E-state index >= 15 is 0 Å². The first kappa shape index (κ1) is 16.1. The number of nitrogens with zero attached hydrogens (tertiary/aromatic N) is 3. The van der Waals surface area contributed by atoms with Gasteiger partial charge in [0.25, 0.3) is 0 Å². The summed E-state index contributed by atoms with van der Waals surface area (Å²) < 4.78 is 1.86. The Morgan fingerprint density at radius 1 is 1.42 bits per heavy atom. The van der Waals surface area contributed by atoms with E-state index < -0.39 is 5.60 Å². The standard InChI is InChI=1S/C14H28N4O/c1-5-14(19,12(2)3)11-18-13(10-16-17-18)8-6-7-9-15-4/h10,12,15,19H,5-9,11H2,1-4H3. The van der Waals surface area contributed by atoms with E-state index in [2.05, 4.69) is 15.6 Å². The van der Waals surface area contributed by atoms with E-state index in [9.17, 15) is 5.11 Å². The quantitative estimate of drug-likeness (QED) is 0.668. The Morgan fingerprint density at radius 2 is 2.16 bits per heavy atom. The first-order valence-corrected chi connectivity index (χ1v) is 7.28. The van der Waals surface area contributed by atoms with Gasteiger partial charge in [-0.2, -0.15) is 0 Å². The van der Waals surface area contributed by atoms with E-state index in [1.54, 1.807) is 0 Å². The Hall–Kier alpha value is -0.940.